The molecule has 94 valence electrons. The van der Waals surface area contributed by atoms with Gasteiger partial charge < -0.3 is 0 Å². The van der Waals surface area contributed by atoms with E-state index in [0.717, 1.165) is 6.42 Å². The summed E-state index contributed by atoms with van der Waals surface area (Å²) < 4.78 is 2.19. The van der Waals surface area contributed by atoms with E-state index in [4.69, 9.17) is 5.10 Å². The summed E-state index contributed by atoms with van der Waals surface area (Å²) in [4.78, 5) is 0. The molecule has 1 aliphatic rings. The van der Waals surface area contributed by atoms with Gasteiger partial charge >= 0.3 is 0 Å². The van der Waals surface area contributed by atoms with Crippen LogP contribution in [0.25, 0.3) is 0 Å². The zero-order valence-electron chi connectivity index (χ0n) is 10.8. The van der Waals surface area contributed by atoms with Crippen molar-refractivity contribution in [3.8, 4) is 0 Å². The first-order valence-electron chi connectivity index (χ1n) is 7.00. The number of benzene rings is 1. The van der Waals surface area contributed by atoms with Gasteiger partial charge in [-0.3, -0.25) is 4.68 Å². The van der Waals surface area contributed by atoms with Crippen molar-refractivity contribution >= 4 is 0 Å². The Morgan fingerprint density at radius 1 is 1.00 bits per heavy atom. The quantitative estimate of drug-likeness (QED) is 0.793. The van der Waals surface area contributed by atoms with Gasteiger partial charge in [-0.25, -0.2) is 0 Å². The minimum absolute atomic E-state index is 0.642. The number of hydrogen-bond acceptors (Lipinski definition) is 1. The molecule has 1 aromatic carbocycles. The summed E-state index contributed by atoms with van der Waals surface area (Å²) in [6.45, 7) is 0. The summed E-state index contributed by atoms with van der Waals surface area (Å²) >= 11 is 0. The van der Waals surface area contributed by atoms with Crippen LogP contribution in [0.2, 0.25) is 0 Å². The van der Waals surface area contributed by atoms with E-state index >= 15 is 0 Å². The van der Waals surface area contributed by atoms with Crippen LogP contribution in [-0.2, 0) is 6.42 Å². The first-order valence-corrected chi connectivity index (χ1v) is 7.00. The molecule has 1 saturated carbocycles. The molecule has 0 bridgehead atoms. The van der Waals surface area contributed by atoms with Gasteiger partial charge in [0.05, 0.1) is 11.7 Å². The van der Waals surface area contributed by atoms with Crippen LogP contribution in [0.3, 0.4) is 0 Å². The van der Waals surface area contributed by atoms with Crippen molar-refractivity contribution in [3.63, 3.8) is 0 Å². The average molecular weight is 240 g/mol. The molecule has 2 aromatic rings. The molecule has 0 atom stereocenters. The maximum Gasteiger partial charge on any atom is 0.0668 e. The van der Waals surface area contributed by atoms with Gasteiger partial charge in [0.1, 0.15) is 0 Å². The second-order valence-corrected chi connectivity index (χ2v) is 5.24. The highest BCUT2D eigenvalue weighted by Crippen LogP contribution is 2.27. The second kappa shape index (κ2) is 5.38. The summed E-state index contributed by atoms with van der Waals surface area (Å²) in [5.41, 5.74) is 2.53. The number of nitrogens with zero attached hydrogens (tertiary/aromatic N) is 2. The van der Waals surface area contributed by atoms with E-state index in [1.165, 1.54) is 43.4 Å². The molecule has 2 nitrogen and oxygen atoms in total. The summed E-state index contributed by atoms with van der Waals surface area (Å²) in [5.74, 6) is 0. The molecule has 0 unspecified atom stereocenters. The summed E-state index contributed by atoms with van der Waals surface area (Å²) in [7, 11) is 0. The normalized spacial score (nSPS) is 16.9. The van der Waals surface area contributed by atoms with Crippen LogP contribution in [0, 0.1) is 0 Å². The molecule has 2 heteroatoms. The molecule has 1 fully saturated rings. The van der Waals surface area contributed by atoms with Gasteiger partial charge in [-0.2, -0.15) is 5.10 Å². The van der Waals surface area contributed by atoms with Gasteiger partial charge in [0.15, 0.2) is 0 Å². The predicted molar refractivity (Wildman–Crippen MR) is 73.6 cm³/mol. The lowest BCUT2D eigenvalue weighted by atomic mass is 9.96. The molecular weight excluding hydrogens is 220 g/mol. The highest BCUT2D eigenvalue weighted by molar-refractivity contribution is 5.20. The Morgan fingerprint density at radius 3 is 2.56 bits per heavy atom. The lowest BCUT2D eigenvalue weighted by Gasteiger charge is -2.21. The average Bonchev–Trinajstić information content (AvgIpc) is 2.89. The highest BCUT2D eigenvalue weighted by Gasteiger charge is 2.15. The molecule has 0 amide bonds. The molecular formula is C16H20N2. The molecule has 1 aliphatic carbocycles. The topological polar surface area (TPSA) is 17.8 Å². The monoisotopic (exact) mass is 240 g/mol. The fourth-order valence-corrected chi connectivity index (χ4v) is 2.83. The van der Waals surface area contributed by atoms with Gasteiger partial charge in [-0.05, 0) is 24.5 Å². The lowest BCUT2D eigenvalue weighted by Crippen LogP contribution is -2.13. The molecule has 3 rings (SSSR count). The van der Waals surface area contributed by atoms with Crippen molar-refractivity contribution in [2.45, 2.75) is 44.6 Å². The highest BCUT2D eigenvalue weighted by atomic mass is 15.3. The Morgan fingerprint density at radius 2 is 1.78 bits per heavy atom. The van der Waals surface area contributed by atoms with Crippen LogP contribution in [0.5, 0.6) is 0 Å². The van der Waals surface area contributed by atoms with Crippen molar-refractivity contribution in [3.05, 3.63) is 53.9 Å². The van der Waals surface area contributed by atoms with E-state index < -0.39 is 0 Å². The van der Waals surface area contributed by atoms with Crippen molar-refractivity contribution in [2.75, 3.05) is 0 Å². The molecule has 1 heterocycles. The smallest absolute Gasteiger partial charge is 0.0668 e. The Hall–Kier alpha value is -1.57. The third-order valence-electron chi connectivity index (χ3n) is 3.84. The fourth-order valence-electron chi connectivity index (χ4n) is 2.83. The second-order valence-electron chi connectivity index (χ2n) is 5.24. The predicted octanol–water partition coefficient (Wildman–Crippen LogP) is 3.98. The standard InChI is InChI=1S/C16H20N2/c1-3-7-14(8-4-1)13-15-11-12-18(17-15)16-9-5-2-6-10-16/h1,3-4,7-8,11-12,16H,2,5-6,9-10,13H2. The third kappa shape index (κ3) is 2.63. The molecule has 0 N–H and O–H groups in total. The maximum absolute atomic E-state index is 4.75. The van der Waals surface area contributed by atoms with E-state index in [1.807, 2.05) is 0 Å². The van der Waals surface area contributed by atoms with Crippen LogP contribution in [-0.4, -0.2) is 9.78 Å². The fraction of sp³-hybridized carbons (Fsp3) is 0.438. The van der Waals surface area contributed by atoms with E-state index in [0.29, 0.717) is 6.04 Å². The molecule has 0 radical (unpaired) electrons. The third-order valence-corrected chi connectivity index (χ3v) is 3.84. The molecule has 0 aliphatic heterocycles. The largest absolute Gasteiger partial charge is 0.269 e. The Labute approximate surface area is 109 Å². The Balaban J connectivity index is 1.69. The minimum Gasteiger partial charge on any atom is -0.269 e. The van der Waals surface area contributed by atoms with Crippen LogP contribution in [0.1, 0.15) is 49.4 Å². The van der Waals surface area contributed by atoms with Crippen LogP contribution in [0.15, 0.2) is 42.6 Å². The lowest BCUT2D eigenvalue weighted by molar-refractivity contribution is 0.328. The van der Waals surface area contributed by atoms with Crippen molar-refractivity contribution in [2.24, 2.45) is 0 Å². The van der Waals surface area contributed by atoms with Crippen molar-refractivity contribution < 1.29 is 0 Å². The van der Waals surface area contributed by atoms with E-state index in [9.17, 15) is 0 Å². The molecule has 0 spiro atoms. The zero-order valence-corrected chi connectivity index (χ0v) is 10.8. The minimum atomic E-state index is 0.642. The first kappa shape index (κ1) is 11.5. The summed E-state index contributed by atoms with van der Waals surface area (Å²) in [6.07, 6.45) is 9.82. The zero-order chi connectivity index (χ0) is 12.2. The van der Waals surface area contributed by atoms with Gasteiger partial charge in [0, 0.05) is 12.6 Å². The van der Waals surface area contributed by atoms with E-state index in [-0.39, 0.29) is 0 Å². The molecule has 18 heavy (non-hydrogen) atoms. The van der Waals surface area contributed by atoms with Gasteiger partial charge in [-0.15, -0.1) is 0 Å². The van der Waals surface area contributed by atoms with Crippen LogP contribution < -0.4 is 0 Å². The Kier molecular flexibility index (Phi) is 3.44. The Bertz CT molecular complexity index is 481. The SMILES string of the molecule is c1ccc(Cc2ccn(C3CCCCC3)n2)cc1. The van der Waals surface area contributed by atoms with Crippen LogP contribution >= 0.6 is 0 Å². The molecule has 1 aromatic heterocycles. The number of hydrogen-bond donors (Lipinski definition) is 0. The molecule has 0 saturated heterocycles. The number of rotatable bonds is 3. The van der Waals surface area contributed by atoms with Gasteiger partial charge in [0.2, 0.25) is 0 Å². The van der Waals surface area contributed by atoms with Gasteiger partial charge in [0.25, 0.3) is 0 Å². The van der Waals surface area contributed by atoms with E-state index in [2.05, 4.69) is 47.3 Å². The van der Waals surface area contributed by atoms with Gasteiger partial charge in [-0.1, -0.05) is 49.6 Å². The van der Waals surface area contributed by atoms with Crippen molar-refractivity contribution in [1.29, 1.82) is 0 Å². The summed E-state index contributed by atoms with van der Waals surface area (Å²) in [5, 5.41) is 4.75. The van der Waals surface area contributed by atoms with Crippen LogP contribution in [0.4, 0.5) is 0 Å². The van der Waals surface area contributed by atoms with E-state index in [1.54, 1.807) is 0 Å². The maximum atomic E-state index is 4.75. The summed E-state index contributed by atoms with van der Waals surface area (Å²) in [6, 6.07) is 13.4. The van der Waals surface area contributed by atoms with Crippen molar-refractivity contribution in [1.82, 2.24) is 9.78 Å². The number of aromatic nitrogens is 2. The first-order chi connectivity index (χ1) is 8.92.